The highest BCUT2D eigenvalue weighted by atomic mass is 32.1. The van der Waals surface area contributed by atoms with Crippen LogP contribution in [0.15, 0.2) is 200 Å². The molecule has 0 saturated carbocycles. The van der Waals surface area contributed by atoms with E-state index in [-0.39, 0.29) is 0 Å². The van der Waals surface area contributed by atoms with E-state index in [1.54, 1.807) is 11.3 Å². The minimum Gasteiger partial charge on any atom is -0.485 e. The van der Waals surface area contributed by atoms with Gasteiger partial charge in [0.25, 0.3) is 0 Å². The quantitative estimate of drug-likeness (QED) is 0.168. The first kappa shape index (κ1) is 33.9. The Kier molecular flexibility index (Phi) is 7.75. The van der Waals surface area contributed by atoms with Gasteiger partial charge in [-0.05, 0) is 96.6 Å². The molecule has 9 aromatic rings. The van der Waals surface area contributed by atoms with Crippen LogP contribution in [0.4, 0.5) is 16.4 Å². The van der Waals surface area contributed by atoms with Crippen LogP contribution in [0.25, 0.3) is 54.9 Å². The van der Waals surface area contributed by atoms with Gasteiger partial charge in [0.1, 0.15) is 18.2 Å². The Hall–Kier alpha value is -7.14. The first-order valence-electron chi connectivity index (χ1n) is 20.2. The second-order valence-electron chi connectivity index (χ2n) is 15.4. The van der Waals surface area contributed by atoms with E-state index < -0.39 is 5.41 Å². The van der Waals surface area contributed by atoms with Crippen LogP contribution in [-0.4, -0.2) is 13.2 Å². The second kappa shape index (κ2) is 13.5. The molecule has 12 rings (SSSR count). The van der Waals surface area contributed by atoms with Crippen molar-refractivity contribution in [2.75, 3.05) is 18.1 Å². The van der Waals surface area contributed by atoms with E-state index in [2.05, 4.69) is 205 Å². The Morgan fingerprint density at radius 2 is 0.797 bits per heavy atom. The van der Waals surface area contributed by atoms with Crippen molar-refractivity contribution in [1.29, 1.82) is 0 Å². The number of rotatable bonds is 6. The molecule has 280 valence electrons. The average Bonchev–Trinajstić information content (AvgIpc) is 3.94. The van der Waals surface area contributed by atoms with Crippen molar-refractivity contribution in [3.05, 3.63) is 222 Å². The third-order valence-corrected chi connectivity index (χ3v) is 13.5. The van der Waals surface area contributed by atoms with E-state index >= 15 is 0 Å². The molecule has 0 radical (unpaired) electrons. The predicted octanol–water partition coefficient (Wildman–Crippen LogP) is 14.3. The Balaban J connectivity index is 1.07. The van der Waals surface area contributed by atoms with Gasteiger partial charge < -0.3 is 9.47 Å². The molecule has 3 nitrogen and oxygen atoms in total. The minimum atomic E-state index is -0.460. The fourth-order valence-corrected chi connectivity index (χ4v) is 11.0. The van der Waals surface area contributed by atoms with Crippen molar-refractivity contribution in [3.63, 3.8) is 0 Å². The third-order valence-electron chi connectivity index (χ3n) is 12.3. The standard InChI is InChI=1S/C55H37NO2S/c1-3-13-36(14-4-1)38-23-25-40(26-24-38)53-51-52(58-34-33-57-51)54(59-53)56(41-29-27-39(28-30-41)37-15-5-2-6-16-37)42-31-32-46-45-19-9-12-22-49(45)55(50(46)35-42)47-20-10-7-17-43(47)44-18-8-11-21-48(44)55/h1-32,35H,33-34H2. The number of nitrogens with zero attached hydrogens (tertiary/aromatic N) is 1. The summed E-state index contributed by atoms with van der Waals surface area (Å²) in [5.74, 6) is 1.59. The summed E-state index contributed by atoms with van der Waals surface area (Å²) >= 11 is 1.73. The molecule has 59 heavy (non-hydrogen) atoms. The summed E-state index contributed by atoms with van der Waals surface area (Å²) in [4.78, 5) is 3.45. The van der Waals surface area contributed by atoms with Crippen molar-refractivity contribution < 1.29 is 9.47 Å². The molecule has 0 N–H and O–H groups in total. The summed E-state index contributed by atoms with van der Waals surface area (Å²) in [5, 5.41) is 0.992. The van der Waals surface area contributed by atoms with Crippen LogP contribution in [0.2, 0.25) is 0 Å². The molecular weight excluding hydrogens is 739 g/mol. The molecule has 2 heterocycles. The third kappa shape index (κ3) is 5.13. The molecule has 0 amide bonds. The largest absolute Gasteiger partial charge is 0.485 e. The van der Waals surface area contributed by atoms with Crippen LogP contribution in [0, 0.1) is 0 Å². The van der Waals surface area contributed by atoms with Gasteiger partial charge in [0, 0.05) is 11.4 Å². The van der Waals surface area contributed by atoms with Gasteiger partial charge in [-0.2, -0.15) is 0 Å². The predicted molar refractivity (Wildman–Crippen MR) is 243 cm³/mol. The highest BCUT2D eigenvalue weighted by Gasteiger charge is 2.51. The summed E-state index contributed by atoms with van der Waals surface area (Å²) in [6.45, 7) is 0.989. The van der Waals surface area contributed by atoms with Crippen molar-refractivity contribution >= 4 is 27.7 Å². The highest BCUT2D eigenvalue weighted by Crippen LogP contribution is 2.64. The number of fused-ring (bicyclic) bond motifs is 11. The summed E-state index contributed by atoms with van der Waals surface area (Å²) in [6.07, 6.45) is 0. The Labute approximate surface area is 348 Å². The van der Waals surface area contributed by atoms with E-state index in [1.807, 2.05) is 0 Å². The molecule has 0 unspecified atom stereocenters. The van der Waals surface area contributed by atoms with Crippen LogP contribution in [0.5, 0.6) is 11.5 Å². The summed E-state index contributed by atoms with van der Waals surface area (Å²) in [7, 11) is 0. The van der Waals surface area contributed by atoms with Gasteiger partial charge in [0.15, 0.2) is 11.5 Å². The molecule has 1 aliphatic heterocycles. The Morgan fingerprint density at radius 1 is 0.373 bits per heavy atom. The topological polar surface area (TPSA) is 21.7 Å². The van der Waals surface area contributed by atoms with Crippen LogP contribution in [-0.2, 0) is 5.41 Å². The van der Waals surface area contributed by atoms with Crippen LogP contribution in [0.1, 0.15) is 22.3 Å². The first-order valence-corrected chi connectivity index (χ1v) is 21.1. The summed E-state index contributed by atoms with van der Waals surface area (Å²) < 4.78 is 13.2. The monoisotopic (exact) mass is 775 g/mol. The molecule has 0 saturated heterocycles. The van der Waals surface area contributed by atoms with Crippen molar-refractivity contribution in [3.8, 4) is 66.4 Å². The lowest BCUT2D eigenvalue weighted by Crippen LogP contribution is -2.26. The Morgan fingerprint density at radius 3 is 1.36 bits per heavy atom. The van der Waals surface area contributed by atoms with E-state index in [0.29, 0.717) is 13.2 Å². The first-order chi connectivity index (χ1) is 29.3. The molecule has 0 fully saturated rings. The normalized spacial score (nSPS) is 13.7. The zero-order chi connectivity index (χ0) is 38.9. The van der Waals surface area contributed by atoms with Crippen molar-refractivity contribution in [1.82, 2.24) is 0 Å². The van der Waals surface area contributed by atoms with E-state index in [1.165, 1.54) is 66.8 Å². The van der Waals surface area contributed by atoms with Crippen LogP contribution >= 0.6 is 11.3 Å². The summed E-state index contributed by atoms with van der Waals surface area (Å²) in [5.41, 5.74) is 17.9. The maximum Gasteiger partial charge on any atom is 0.197 e. The molecule has 4 heteroatoms. The van der Waals surface area contributed by atoms with E-state index in [4.69, 9.17) is 9.47 Å². The smallest absolute Gasteiger partial charge is 0.197 e. The average molecular weight is 776 g/mol. The maximum absolute atomic E-state index is 6.64. The van der Waals surface area contributed by atoms with Gasteiger partial charge in [0.05, 0.1) is 10.3 Å². The zero-order valence-corrected chi connectivity index (χ0v) is 33.0. The van der Waals surface area contributed by atoms with Crippen LogP contribution < -0.4 is 14.4 Å². The summed E-state index contributed by atoms with van der Waals surface area (Å²) in [6, 6.07) is 72.9. The van der Waals surface area contributed by atoms with Gasteiger partial charge in [-0.3, -0.25) is 4.90 Å². The molecule has 0 atom stereocenters. The molecule has 3 aliphatic rings. The molecule has 2 aliphatic carbocycles. The molecule has 1 spiro atoms. The Bertz CT molecular complexity index is 2980. The fourth-order valence-electron chi connectivity index (χ4n) is 9.76. The van der Waals surface area contributed by atoms with E-state index in [0.717, 1.165) is 38.3 Å². The van der Waals surface area contributed by atoms with Gasteiger partial charge >= 0.3 is 0 Å². The van der Waals surface area contributed by atoms with Crippen molar-refractivity contribution in [2.24, 2.45) is 0 Å². The molecule has 1 aromatic heterocycles. The van der Waals surface area contributed by atoms with Crippen LogP contribution in [0.3, 0.4) is 0 Å². The molecule has 8 aromatic carbocycles. The highest BCUT2D eigenvalue weighted by molar-refractivity contribution is 7.20. The number of hydrogen-bond donors (Lipinski definition) is 0. The van der Waals surface area contributed by atoms with Crippen molar-refractivity contribution in [2.45, 2.75) is 5.41 Å². The second-order valence-corrected chi connectivity index (χ2v) is 16.4. The number of hydrogen-bond acceptors (Lipinski definition) is 4. The molecule has 0 bridgehead atoms. The lowest BCUT2D eigenvalue weighted by atomic mass is 9.70. The number of benzene rings is 8. The SMILES string of the molecule is c1ccc(-c2ccc(-c3sc(N(c4ccc(-c5ccccc5)cc4)c4ccc5c(c4)C4(c6ccccc6-c6ccccc64)c4ccccc4-5)c4c3OCCO4)cc2)cc1. The van der Waals surface area contributed by atoms with Gasteiger partial charge in [-0.1, -0.05) is 176 Å². The number of ether oxygens (including phenoxy) is 2. The van der Waals surface area contributed by atoms with E-state index in [9.17, 15) is 0 Å². The zero-order valence-electron chi connectivity index (χ0n) is 32.1. The maximum atomic E-state index is 6.64. The minimum absolute atomic E-state index is 0.460. The number of thiophene rings is 1. The lowest BCUT2D eigenvalue weighted by Gasteiger charge is -2.32. The fraction of sp³-hybridized carbons (Fsp3) is 0.0545. The number of anilines is 3. The molecular formula is C55H37NO2S. The van der Waals surface area contributed by atoms with Gasteiger partial charge in [0.2, 0.25) is 0 Å². The van der Waals surface area contributed by atoms with Gasteiger partial charge in [-0.15, -0.1) is 11.3 Å². The van der Waals surface area contributed by atoms with Gasteiger partial charge in [-0.25, -0.2) is 0 Å². The lowest BCUT2D eigenvalue weighted by molar-refractivity contribution is 0.175.